The van der Waals surface area contributed by atoms with Crippen molar-refractivity contribution in [1.29, 1.82) is 0 Å². The molecule has 0 atom stereocenters. The summed E-state index contributed by atoms with van der Waals surface area (Å²) in [6.45, 7) is 0.121. The molecule has 0 aliphatic heterocycles. The Labute approximate surface area is 91.4 Å². The Bertz CT molecular complexity index is 360. The Balaban J connectivity index is 2.76. The molecule has 16 heavy (non-hydrogen) atoms. The lowest BCUT2D eigenvalue weighted by Crippen LogP contribution is -2.10. The van der Waals surface area contributed by atoms with Gasteiger partial charge in [-0.1, -0.05) is 24.3 Å². The number of nitrogens with one attached hydrogen (secondary N) is 1. The molecular formula is C11H12F3NO. The number of aliphatic hydroxyl groups is 1. The van der Waals surface area contributed by atoms with Gasteiger partial charge in [0, 0.05) is 12.2 Å². The second-order valence-corrected chi connectivity index (χ2v) is 3.08. The zero-order valence-electron chi connectivity index (χ0n) is 8.46. The lowest BCUT2D eigenvalue weighted by molar-refractivity contribution is -0.136. The molecule has 0 unspecified atom stereocenters. The van der Waals surface area contributed by atoms with Gasteiger partial charge in [-0.3, -0.25) is 0 Å². The zero-order valence-corrected chi connectivity index (χ0v) is 8.46. The molecule has 1 aromatic carbocycles. The van der Waals surface area contributed by atoms with Crippen molar-refractivity contribution in [1.82, 2.24) is 0 Å². The van der Waals surface area contributed by atoms with Gasteiger partial charge in [0.05, 0.1) is 12.2 Å². The maximum Gasteiger partial charge on any atom is 0.418 e. The fourth-order valence-electron chi connectivity index (χ4n) is 1.21. The first-order chi connectivity index (χ1) is 7.55. The molecule has 0 bridgehead atoms. The van der Waals surface area contributed by atoms with Gasteiger partial charge in [0.25, 0.3) is 0 Å². The molecule has 0 aliphatic carbocycles. The number of halogens is 3. The molecule has 0 radical (unpaired) electrons. The average Bonchev–Trinajstić information content (AvgIpc) is 2.24. The zero-order chi connectivity index (χ0) is 12.0. The lowest BCUT2D eigenvalue weighted by Gasteiger charge is -2.13. The minimum Gasteiger partial charge on any atom is -0.392 e. The molecule has 1 aromatic rings. The minimum absolute atomic E-state index is 0.0394. The van der Waals surface area contributed by atoms with Gasteiger partial charge in [0.1, 0.15) is 0 Å². The largest absolute Gasteiger partial charge is 0.418 e. The summed E-state index contributed by atoms with van der Waals surface area (Å²) in [5, 5.41) is 11.1. The smallest absolute Gasteiger partial charge is 0.392 e. The van der Waals surface area contributed by atoms with E-state index in [9.17, 15) is 13.2 Å². The van der Waals surface area contributed by atoms with Crippen molar-refractivity contribution < 1.29 is 18.3 Å². The van der Waals surface area contributed by atoms with E-state index in [1.54, 1.807) is 6.08 Å². The third kappa shape index (κ3) is 3.58. The van der Waals surface area contributed by atoms with Crippen molar-refractivity contribution in [3.8, 4) is 0 Å². The van der Waals surface area contributed by atoms with Crippen LogP contribution in [0.4, 0.5) is 18.9 Å². The summed E-state index contributed by atoms with van der Waals surface area (Å²) in [5.74, 6) is 0. The van der Waals surface area contributed by atoms with Gasteiger partial charge in [-0.25, -0.2) is 0 Å². The van der Waals surface area contributed by atoms with Crippen LogP contribution in [0, 0.1) is 0 Å². The fraction of sp³-hybridized carbons (Fsp3) is 0.273. The van der Waals surface area contributed by atoms with E-state index in [4.69, 9.17) is 5.11 Å². The SMILES string of the molecule is OC/C=C/CNc1ccccc1C(F)(F)F. The van der Waals surface area contributed by atoms with Crippen molar-refractivity contribution in [3.63, 3.8) is 0 Å². The van der Waals surface area contributed by atoms with Crippen molar-refractivity contribution in [2.45, 2.75) is 6.18 Å². The van der Waals surface area contributed by atoms with Gasteiger partial charge in [-0.05, 0) is 12.1 Å². The summed E-state index contributed by atoms with van der Waals surface area (Å²) in [4.78, 5) is 0. The highest BCUT2D eigenvalue weighted by Crippen LogP contribution is 2.34. The maximum absolute atomic E-state index is 12.5. The van der Waals surface area contributed by atoms with Crippen LogP contribution in [0.3, 0.4) is 0 Å². The van der Waals surface area contributed by atoms with Crippen LogP contribution in [-0.4, -0.2) is 18.3 Å². The van der Waals surface area contributed by atoms with Gasteiger partial charge >= 0.3 is 6.18 Å². The number of anilines is 1. The molecule has 0 fully saturated rings. The molecule has 88 valence electrons. The summed E-state index contributed by atoms with van der Waals surface area (Å²) in [7, 11) is 0. The molecule has 0 aromatic heterocycles. The van der Waals surface area contributed by atoms with Gasteiger partial charge < -0.3 is 10.4 Å². The van der Waals surface area contributed by atoms with Gasteiger partial charge in [-0.2, -0.15) is 13.2 Å². The summed E-state index contributed by atoms with van der Waals surface area (Å²) < 4.78 is 37.6. The standard InChI is InChI=1S/C11H12F3NO/c12-11(13,14)9-5-1-2-6-10(9)15-7-3-4-8-16/h1-6,15-16H,7-8H2/b4-3+. The highest BCUT2D eigenvalue weighted by Gasteiger charge is 2.32. The molecule has 0 saturated heterocycles. The predicted octanol–water partition coefficient (Wildman–Crippen LogP) is 2.67. The van der Waals surface area contributed by atoms with Crippen LogP contribution in [0.2, 0.25) is 0 Å². The van der Waals surface area contributed by atoms with Crippen molar-refractivity contribution in [3.05, 3.63) is 42.0 Å². The Morgan fingerprint density at radius 2 is 1.88 bits per heavy atom. The molecular weight excluding hydrogens is 219 g/mol. The summed E-state index contributed by atoms with van der Waals surface area (Å²) >= 11 is 0. The van der Waals surface area contributed by atoms with E-state index in [-0.39, 0.29) is 18.8 Å². The molecule has 1 rings (SSSR count). The van der Waals surface area contributed by atoms with Crippen LogP contribution in [0.5, 0.6) is 0 Å². The maximum atomic E-state index is 12.5. The Hall–Kier alpha value is -1.49. The molecule has 2 nitrogen and oxygen atoms in total. The summed E-state index contributed by atoms with van der Waals surface area (Å²) in [5.41, 5.74) is -0.648. The van der Waals surface area contributed by atoms with Crippen LogP contribution >= 0.6 is 0 Å². The van der Waals surface area contributed by atoms with Crippen LogP contribution in [0.15, 0.2) is 36.4 Å². The number of hydrogen-bond acceptors (Lipinski definition) is 2. The van der Waals surface area contributed by atoms with E-state index < -0.39 is 11.7 Å². The second kappa shape index (κ2) is 5.55. The Kier molecular flexibility index (Phi) is 4.37. The van der Waals surface area contributed by atoms with Crippen molar-refractivity contribution in [2.24, 2.45) is 0 Å². The predicted molar refractivity (Wildman–Crippen MR) is 56.2 cm³/mol. The van der Waals surface area contributed by atoms with E-state index in [2.05, 4.69) is 5.32 Å². The highest BCUT2D eigenvalue weighted by atomic mass is 19.4. The van der Waals surface area contributed by atoms with Crippen molar-refractivity contribution >= 4 is 5.69 Å². The molecule has 5 heteroatoms. The number of alkyl halides is 3. The summed E-state index contributed by atoms with van der Waals surface area (Å²) in [6, 6.07) is 5.28. The van der Waals surface area contributed by atoms with Crippen molar-refractivity contribution in [2.75, 3.05) is 18.5 Å². The first-order valence-corrected chi connectivity index (χ1v) is 4.71. The topological polar surface area (TPSA) is 32.3 Å². The van der Waals surface area contributed by atoms with E-state index >= 15 is 0 Å². The van der Waals surface area contributed by atoms with Crippen LogP contribution < -0.4 is 5.32 Å². The number of rotatable bonds is 4. The average molecular weight is 231 g/mol. The number of benzene rings is 1. The van der Waals surface area contributed by atoms with Gasteiger partial charge in [0.15, 0.2) is 0 Å². The molecule has 0 heterocycles. The second-order valence-electron chi connectivity index (χ2n) is 3.08. The minimum atomic E-state index is -4.36. The third-order valence-electron chi connectivity index (χ3n) is 1.91. The van der Waals surface area contributed by atoms with Gasteiger partial charge in [0.2, 0.25) is 0 Å². The van der Waals surface area contributed by atoms with E-state index in [0.29, 0.717) is 0 Å². The monoisotopic (exact) mass is 231 g/mol. The van der Waals surface area contributed by atoms with E-state index in [0.717, 1.165) is 6.07 Å². The quantitative estimate of drug-likeness (QED) is 0.781. The van der Waals surface area contributed by atoms with Crippen LogP contribution in [0.25, 0.3) is 0 Å². The summed E-state index contributed by atoms with van der Waals surface area (Å²) in [6.07, 6.45) is -1.33. The molecule has 0 saturated carbocycles. The molecule has 0 aliphatic rings. The molecule has 0 amide bonds. The van der Waals surface area contributed by atoms with Gasteiger partial charge in [-0.15, -0.1) is 0 Å². The normalized spacial score (nSPS) is 12.0. The molecule has 0 spiro atoms. The fourth-order valence-corrected chi connectivity index (χ4v) is 1.21. The van der Waals surface area contributed by atoms with Crippen LogP contribution in [-0.2, 0) is 6.18 Å². The van der Waals surface area contributed by atoms with E-state index in [1.807, 2.05) is 0 Å². The highest BCUT2D eigenvalue weighted by molar-refractivity contribution is 5.52. The first-order valence-electron chi connectivity index (χ1n) is 4.71. The Morgan fingerprint density at radius 1 is 1.19 bits per heavy atom. The lowest BCUT2D eigenvalue weighted by atomic mass is 10.1. The first kappa shape index (κ1) is 12.6. The number of hydrogen-bond donors (Lipinski definition) is 2. The number of aliphatic hydroxyl groups excluding tert-OH is 1. The van der Waals surface area contributed by atoms with Crippen LogP contribution in [0.1, 0.15) is 5.56 Å². The van der Waals surface area contributed by atoms with E-state index in [1.165, 1.54) is 24.3 Å². The third-order valence-corrected chi connectivity index (χ3v) is 1.91. The molecule has 2 N–H and O–H groups in total. The Morgan fingerprint density at radius 3 is 2.50 bits per heavy atom. The number of para-hydroxylation sites is 1.